The number of aromatic nitrogens is 4. The standard InChI is InChI=1S/C13H12N4OS2/c1-7(2)9-10(11-16-17-13(19)18-11)20-12(15-9)8-3-5-14-6-4-8/h3-7H,1-2H3,(H,17,19). The van der Waals surface area contributed by atoms with Gasteiger partial charge in [0, 0.05) is 18.0 Å². The molecule has 1 N–H and O–H groups in total. The van der Waals surface area contributed by atoms with Crippen molar-refractivity contribution in [2.45, 2.75) is 19.8 Å². The Labute approximate surface area is 124 Å². The van der Waals surface area contributed by atoms with E-state index in [0.717, 1.165) is 21.1 Å². The third-order valence-electron chi connectivity index (χ3n) is 2.76. The predicted molar refractivity (Wildman–Crippen MR) is 80.1 cm³/mol. The summed E-state index contributed by atoms with van der Waals surface area (Å²) < 4.78 is 5.42. The Bertz CT molecular complexity index is 773. The van der Waals surface area contributed by atoms with E-state index in [2.05, 4.69) is 29.0 Å². The molecule has 3 aromatic rings. The highest BCUT2D eigenvalue weighted by atomic mass is 32.1. The van der Waals surface area contributed by atoms with Gasteiger partial charge in [-0.1, -0.05) is 13.8 Å². The number of hydrogen-bond acceptors (Lipinski definition) is 6. The van der Waals surface area contributed by atoms with Crippen LogP contribution < -0.4 is 0 Å². The Morgan fingerprint density at radius 1 is 1.30 bits per heavy atom. The molecule has 7 heteroatoms. The van der Waals surface area contributed by atoms with Gasteiger partial charge in [-0.15, -0.1) is 16.4 Å². The topological polar surface area (TPSA) is 67.6 Å². The van der Waals surface area contributed by atoms with Gasteiger partial charge < -0.3 is 4.42 Å². The first kappa shape index (κ1) is 13.1. The van der Waals surface area contributed by atoms with Crippen molar-refractivity contribution in [3.8, 4) is 21.3 Å². The van der Waals surface area contributed by atoms with Crippen molar-refractivity contribution in [2.24, 2.45) is 0 Å². The van der Waals surface area contributed by atoms with Crippen molar-refractivity contribution in [3.05, 3.63) is 35.1 Å². The van der Waals surface area contributed by atoms with Crippen molar-refractivity contribution in [1.29, 1.82) is 0 Å². The van der Waals surface area contributed by atoms with Crippen LogP contribution >= 0.6 is 23.6 Å². The second-order valence-corrected chi connectivity index (χ2v) is 5.91. The third kappa shape index (κ3) is 2.41. The van der Waals surface area contributed by atoms with Crippen LogP contribution in [0.4, 0.5) is 0 Å². The van der Waals surface area contributed by atoms with Gasteiger partial charge in [-0.3, -0.25) is 4.98 Å². The lowest BCUT2D eigenvalue weighted by Crippen LogP contribution is -1.91. The van der Waals surface area contributed by atoms with E-state index in [1.165, 1.54) is 0 Å². The maximum Gasteiger partial charge on any atom is 0.284 e. The van der Waals surface area contributed by atoms with Crippen LogP contribution in [0.5, 0.6) is 0 Å². The maximum absolute atomic E-state index is 5.42. The Kier molecular flexibility index (Phi) is 3.45. The number of nitrogens with one attached hydrogen (secondary N) is 1. The lowest BCUT2D eigenvalue weighted by Gasteiger charge is -2.00. The Hall–Kier alpha value is -1.86. The second-order valence-electron chi connectivity index (χ2n) is 4.54. The number of rotatable bonds is 3. The molecule has 0 spiro atoms. The molecule has 0 saturated heterocycles. The summed E-state index contributed by atoms with van der Waals surface area (Å²) in [6.45, 7) is 4.19. The smallest absolute Gasteiger partial charge is 0.284 e. The zero-order chi connectivity index (χ0) is 14.1. The van der Waals surface area contributed by atoms with Gasteiger partial charge >= 0.3 is 0 Å². The summed E-state index contributed by atoms with van der Waals surface area (Å²) in [5.74, 6) is 0.772. The Balaban J connectivity index is 2.14. The maximum atomic E-state index is 5.42. The van der Waals surface area contributed by atoms with Gasteiger partial charge in [-0.2, -0.15) is 0 Å². The van der Waals surface area contributed by atoms with Crippen LogP contribution in [0.25, 0.3) is 21.3 Å². The van der Waals surface area contributed by atoms with Crippen LogP contribution in [0.15, 0.2) is 28.9 Å². The minimum atomic E-state index is 0.272. The highest BCUT2D eigenvalue weighted by Gasteiger charge is 2.20. The molecule has 0 unspecified atom stereocenters. The van der Waals surface area contributed by atoms with Crippen LogP contribution in [-0.4, -0.2) is 20.2 Å². The first-order valence-electron chi connectivity index (χ1n) is 6.12. The lowest BCUT2D eigenvalue weighted by molar-refractivity contribution is 0.552. The van der Waals surface area contributed by atoms with E-state index in [1.54, 1.807) is 23.7 Å². The highest BCUT2D eigenvalue weighted by molar-refractivity contribution is 7.71. The summed E-state index contributed by atoms with van der Waals surface area (Å²) in [7, 11) is 0. The molecule has 0 aliphatic carbocycles. The number of aromatic amines is 1. The van der Waals surface area contributed by atoms with Crippen LogP contribution in [0.1, 0.15) is 25.5 Å². The molecular weight excluding hydrogens is 292 g/mol. The van der Waals surface area contributed by atoms with E-state index in [-0.39, 0.29) is 10.8 Å². The number of thiazole rings is 1. The van der Waals surface area contributed by atoms with Gasteiger partial charge in [0.05, 0.1) is 5.69 Å². The highest BCUT2D eigenvalue weighted by Crippen LogP contribution is 2.37. The van der Waals surface area contributed by atoms with E-state index in [1.807, 2.05) is 12.1 Å². The molecule has 3 aromatic heterocycles. The minimum absolute atomic E-state index is 0.272. The molecule has 0 atom stereocenters. The van der Waals surface area contributed by atoms with E-state index in [0.29, 0.717) is 5.89 Å². The molecule has 0 saturated carbocycles. The number of pyridine rings is 1. The number of nitrogens with zero attached hydrogens (tertiary/aromatic N) is 3. The van der Waals surface area contributed by atoms with E-state index < -0.39 is 0 Å². The third-order valence-corrected chi connectivity index (χ3v) is 4.04. The normalized spacial score (nSPS) is 11.2. The molecule has 0 radical (unpaired) electrons. The molecule has 0 aliphatic heterocycles. The molecule has 0 aromatic carbocycles. The summed E-state index contributed by atoms with van der Waals surface area (Å²) >= 11 is 6.48. The van der Waals surface area contributed by atoms with Crippen molar-refractivity contribution in [3.63, 3.8) is 0 Å². The number of H-pyrrole nitrogens is 1. The van der Waals surface area contributed by atoms with Crippen LogP contribution in [0, 0.1) is 4.84 Å². The van der Waals surface area contributed by atoms with Gasteiger partial charge in [0.1, 0.15) is 9.88 Å². The monoisotopic (exact) mass is 304 g/mol. The molecule has 5 nitrogen and oxygen atoms in total. The Morgan fingerprint density at radius 2 is 2.05 bits per heavy atom. The number of hydrogen-bond donors (Lipinski definition) is 1. The first-order chi connectivity index (χ1) is 9.65. The molecule has 0 aliphatic rings. The van der Waals surface area contributed by atoms with Crippen molar-refractivity contribution in [1.82, 2.24) is 20.2 Å². The molecule has 0 amide bonds. The first-order valence-corrected chi connectivity index (χ1v) is 7.34. The quantitative estimate of drug-likeness (QED) is 0.740. The van der Waals surface area contributed by atoms with Gasteiger partial charge in [0.2, 0.25) is 0 Å². The molecule has 20 heavy (non-hydrogen) atoms. The van der Waals surface area contributed by atoms with E-state index >= 15 is 0 Å². The fourth-order valence-corrected chi connectivity index (χ4v) is 3.10. The van der Waals surface area contributed by atoms with Gasteiger partial charge in [-0.05, 0) is 30.3 Å². The fourth-order valence-electron chi connectivity index (χ4n) is 1.82. The van der Waals surface area contributed by atoms with Gasteiger partial charge in [0.25, 0.3) is 10.7 Å². The van der Waals surface area contributed by atoms with Gasteiger partial charge in [0.15, 0.2) is 0 Å². The summed E-state index contributed by atoms with van der Waals surface area (Å²) in [5.41, 5.74) is 2.00. The molecule has 0 bridgehead atoms. The average Bonchev–Trinajstić information content (AvgIpc) is 3.05. The van der Waals surface area contributed by atoms with E-state index in [9.17, 15) is 0 Å². The molecule has 0 fully saturated rings. The molecule has 3 rings (SSSR count). The lowest BCUT2D eigenvalue weighted by atomic mass is 10.1. The minimum Gasteiger partial charge on any atom is -0.408 e. The summed E-state index contributed by atoms with van der Waals surface area (Å²) in [6.07, 6.45) is 3.51. The summed E-state index contributed by atoms with van der Waals surface area (Å²) in [4.78, 5) is 9.92. The van der Waals surface area contributed by atoms with Crippen molar-refractivity contribution in [2.75, 3.05) is 0 Å². The SMILES string of the molecule is CC(C)c1nc(-c2ccncc2)sc1-c1n[nH]c(=S)o1. The largest absolute Gasteiger partial charge is 0.408 e. The zero-order valence-electron chi connectivity index (χ0n) is 11.0. The Morgan fingerprint density at radius 3 is 2.65 bits per heavy atom. The van der Waals surface area contributed by atoms with Crippen molar-refractivity contribution < 1.29 is 4.42 Å². The fraction of sp³-hybridized carbons (Fsp3) is 0.231. The zero-order valence-corrected chi connectivity index (χ0v) is 12.6. The molecular formula is C13H12N4OS2. The van der Waals surface area contributed by atoms with Crippen molar-refractivity contribution >= 4 is 23.6 Å². The van der Waals surface area contributed by atoms with Gasteiger partial charge in [-0.25, -0.2) is 10.1 Å². The van der Waals surface area contributed by atoms with Crippen LogP contribution in [0.3, 0.4) is 0 Å². The van der Waals surface area contributed by atoms with Crippen LogP contribution in [0.2, 0.25) is 0 Å². The molecule has 3 heterocycles. The predicted octanol–water partition coefficient (Wildman–Crippen LogP) is 4.04. The van der Waals surface area contributed by atoms with Crippen LogP contribution in [-0.2, 0) is 0 Å². The van der Waals surface area contributed by atoms with E-state index in [4.69, 9.17) is 21.6 Å². The summed E-state index contributed by atoms with van der Waals surface area (Å²) in [6, 6.07) is 3.87. The summed E-state index contributed by atoms with van der Waals surface area (Å²) in [5, 5.41) is 7.67. The second kappa shape index (κ2) is 5.26. The average molecular weight is 304 g/mol. The molecule has 102 valence electrons.